The molecular formula is C24H27N3O2S. The third-order valence-electron chi connectivity index (χ3n) is 5.81. The zero-order valence-electron chi connectivity index (χ0n) is 17.5. The van der Waals surface area contributed by atoms with E-state index in [2.05, 4.69) is 13.8 Å². The van der Waals surface area contributed by atoms with E-state index < -0.39 is 0 Å². The lowest BCUT2D eigenvalue weighted by molar-refractivity contribution is -0.131. The molecule has 30 heavy (non-hydrogen) atoms. The molecule has 0 N–H and O–H groups in total. The number of fused-ring (bicyclic) bond motifs is 1. The molecule has 1 saturated heterocycles. The quantitative estimate of drug-likeness (QED) is 0.451. The van der Waals surface area contributed by atoms with Gasteiger partial charge in [0.05, 0.1) is 22.3 Å². The molecule has 4 rings (SSSR count). The van der Waals surface area contributed by atoms with E-state index in [0.717, 1.165) is 37.1 Å². The van der Waals surface area contributed by atoms with E-state index >= 15 is 0 Å². The van der Waals surface area contributed by atoms with Gasteiger partial charge in [0, 0.05) is 12.6 Å². The SMILES string of the molecule is CCc1ccccc1-n1c(SCC(=O)N2CCCC[C@H]2C)nc2ccccc2c1=O. The van der Waals surface area contributed by atoms with Gasteiger partial charge in [0.15, 0.2) is 5.16 Å². The standard InChI is InChI=1S/C24H27N3O2S/c1-3-18-11-4-7-14-21(18)27-23(29)19-12-5-6-13-20(19)25-24(27)30-16-22(28)26-15-9-8-10-17(26)2/h4-7,11-14,17H,3,8-10,15-16H2,1-2H3/t17-/m1/s1. The molecular weight excluding hydrogens is 394 g/mol. The predicted molar refractivity (Wildman–Crippen MR) is 122 cm³/mol. The molecule has 1 amide bonds. The summed E-state index contributed by atoms with van der Waals surface area (Å²) in [5, 5.41) is 1.15. The Balaban J connectivity index is 1.75. The Morgan fingerprint density at radius 2 is 1.90 bits per heavy atom. The number of amides is 1. The first-order chi connectivity index (χ1) is 14.6. The van der Waals surface area contributed by atoms with Crippen LogP contribution in [0, 0.1) is 0 Å². The van der Waals surface area contributed by atoms with E-state index in [9.17, 15) is 9.59 Å². The number of rotatable bonds is 5. The number of para-hydroxylation sites is 2. The van der Waals surface area contributed by atoms with Gasteiger partial charge in [-0.1, -0.05) is 49.0 Å². The molecule has 3 aromatic rings. The minimum absolute atomic E-state index is 0.0946. The Hall–Kier alpha value is -2.60. The van der Waals surface area contributed by atoms with Crippen molar-refractivity contribution in [2.45, 2.75) is 50.7 Å². The number of likely N-dealkylation sites (tertiary alicyclic amines) is 1. The highest BCUT2D eigenvalue weighted by Crippen LogP contribution is 2.25. The molecule has 1 aromatic heterocycles. The maximum Gasteiger partial charge on any atom is 0.266 e. The summed E-state index contributed by atoms with van der Waals surface area (Å²) in [6.07, 6.45) is 4.10. The van der Waals surface area contributed by atoms with Gasteiger partial charge in [-0.15, -0.1) is 0 Å². The molecule has 1 atom stereocenters. The van der Waals surface area contributed by atoms with Gasteiger partial charge in [-0.25, -0.2) is 4.98 Å². The van der Waals surface area contributed by atoms with Crippen molar-refractivity contribution in [3.05, 3.63) is 64.4 Å². The number of aryl methyl sites for hydroxylation is 1. The number of thioether (sulfide) groups is 1. The molecule has 1 fully saturated rings. The molecule has 2 heterocycles. The molecule has 156 valence electrons. The molecule has 0 saturated carbocycles. The zero-order valence-corrected chi connectivity index (χ0v) is 18.3. The average Bonchev–Trinajstić information content (AvgIpc) is 2.78. The Labute approximate surface area is 181 Å². The van der Waals surface area contributed by atoms with Gasteiger partial charge in [-0.3, -0.25) is 14.2 Å². The summed E-state index contributed by atoms with van der Waals surface area (Å²) < 4.78 is 1.68. The maximum atomic E-state index is 13.4. The molecule has 0 unspecified atom stereocenters. The van der Waals surface area contributed by atoms with Gasteiger partial charge in [0.25, 0.3) is 5.56 Å². The maximum absolute atomic E-state index is 13.4. The summed E-state index contributed by atoms with van der Waals surface area (Å²) in [7, 11) is 0. The van der Waals surface area contributed by atoms with Crippen LogP contribution in [0.25, 0.3) is 16.6 Å². The number of aromatic nitrogens is 2. The van der Waals surface area contributed by atoms with Crippen molar-refractivity contribution >= 4 is 28.6 Å². The lowest BCUT2D eigenvalue weighted by Gasteiger charge is -2.33. The van der Waals surface area contributed by atoms with E-state index in [1.54, 1.807) is 4.57 Å². The highest BCUT2D eigenvalue weighted by atomic mass is 32.2. The number of benzene rings is 2. The smallest absolute Gasteiger partial charge is 0.266 e. The Morgan fingerprint density at radius 3 is 2.70 bits per heavy atom. The van der Waals surface area contributed by atoms with Gasteiger partial charge in [0.2, 0.25) is 5.91 Å². The molecule has 0 radical (unpaired) electrons. The van der Waals surface area contributed by atoms with Crippen LogP contribution in [0.3, 0.4) is 0 Å². The second-order valence-corrected chi connectivity index (χ2v) is 8.70. The topological polar surface area (TPSA) is 55.2 Å². The van der Waals surface area contributed by atoms with Gasteiger partial charge >= 0.3 is 0 Å². The van der Waals surface area contributed by atoms with Gasteiger partial charge in [-0.2, -0.15) is 0 Å². The Kier molecular flexibility index (Phi) is 6.23. The number of piperidine rings is 1. The van der Waals surface area contributed by atoms with E-state index in [-0.39, 0.29) is 23.3 Å². The fraction of sp³-hybridized carbons (Fsp3) is 0.375. The first-order valence-corrected chi connectivity index (χ1v) is 11.6. The van der Waals surface area contributed by atoms with E-state index in [4.69, 9.17) is 4.98 Å². The molecule has 5 nitrogen and oxygen atoms in total. The van der Waals surface area contributed by atoms with Crippen molar-refractivity contribution in [2.24, 2.45) is 0 Å². The number of hydrogen-bond acceptors (Lipinski definition) is 4. The van der Waals surface area contributed by atoms with E-state index in [0.29, 0.717) is 16.1 Å². The second-order valence-electron chi connectivity index (χ2n) is 7.75. The third kappa shape index (κ3) is 4.01. The van der Waals surface area contributed by atoms with Crippen LogP contribution >= 0.6 is 11.8 Å². The van der Waals surface area contributed by atoms with Crippen LogP contribution in [0.4, 0.5) is 0 Å². The highest BCUT2D eigenvalue weighted by Gasteiger charge is 2.24. The van der Waals surface area contributed by atoms with Crippen molar-refractivity contribution in [2.75, 3.05) is 12.3 Å². The predicted octanol–water partition coefficient (Wildman–Crippen LogP) is 4.44. The van der Waals surface area contributed by atoms with Gasteiger partial charge < -0.3 is 4.90 Å². The summed E-state index contributed by atoms with van der Waals surface area (Å²) in [4.78, 5) is 33.1. The minimum atomic E-state index is -0.0946. The molecule has 0 aliphatic carbocycles. The lowest BCUT2D eigenvalue weighted by Crippen LogP contribution is -2.43. The summed E-state index contributed by atoms with van der Waals surface area (Å²) in [5.74, 6) is 0.397. The molecule has 1 aliphatic heterocycles. The monoisotopic (exact) mass is 421 g/mol. The van der Waals surface area contributed by atoms with Crippen LogP contribution in [0.1, 0.15) is 38.7 Å². The third-order valence-corrected chi connectivity index (χ3v) is 6.73. The fourth-order valence-corrected chi connectivity index (χ4v) is 5.02. The molecule has 1 aliphatic rings. The number of carbonyl (C=O) groups excluding carboxylic acids is 1. The molecule has 2 aromatic carbocycles. The fourth-order valence-electron chi connectivity index (χ4n) is 4.13. The second kappa shape index (κ2) is 9.04. The van der Waals surface area contributed by atoms with Crippen molar-refractivity contribution in [1.29, 1.82) is 0 Å². The molecule has 0 bridgehead atoms. The molecule has 6 heteroatoms. The Morgan fingerprint density at radius 1 is 1.13 bits per heavy atom. The van der Waals surface area contributed by atoms with Gasteiger partial charge in [-0.05, 0) is 56.4 Å². The van der Waals surface area contributed by atoms with Crippen molar-refractivity contribution in [3.8, 4) is 5.69 Å². The van der Waals surface area contributed by atoms with E-state index in [1.165, 1.54) is 18.2 Å². The van der Waals surface area contributed by atoms with Crippen molar-refractivity contribution in [3.63, 3.8) is 0 Å². The van der Waals surface area contributed by atoms with Crippen LogP contribution in [0.2, 0.25) is 0 Å². The summed E-state index contributed by atoms with van der Waals surface area (Å²) >= 11 is 1.35. The van der Waals surface area contributed by atoms with Crippen LogP contribution in [-0.2, 0) is 11.2 Å². The van der Waals surface area contributed by atoms with Crippen LogP contribution in [-0.4, -0.2) is 38.7 Å². The number of nitrogens with zero attached hydrogens (tertiary/aromatic N) is 3. The van der Waals surface area contributed by atoms with Gasteiger partial charge in [0.1, 0.15) is 0 Å². The first-order valence-electron chi connectivity index (χ1n) is 10.6. The lowest BCUT2D eigenvalue weighted by atomic mass is 10.0. The summed E-state index contributed by atoms with van der Waals surface area (Å²) in [6.45, 7) is 5.01. The zero-order chi connectivity index (χ0) is 21.1. The van der Waals surface area contributed by atoms with E-state index in [1.807, 2.05) is 53.4 Å². The van der Waals surface area contributed by atoms with Crippen molar-refractivity contribution < 1.29 is 4.79 Å². The average molecular weight is 422 g/mol. The Bertz CT molecular complexity index is 1120. The summed E-state index contributed by atoms with van der Waals surface area (Å²) in [6, 6.07) is 15.6. The number of hydrogen-bond donors (Lipinski definition) is 0. The first kappa shape index (κ1) is 20.7. The largest absolute Gasteiger partial charge is 0.339 e. The van der Waals surface area contributed by atoms with Crippen molar-refractivity contribution in [1.82, 2.24) is 14.5 Å². The summed E-state index contributed by atoms with van der Waals surface area (Å²) in [5.41, 5.74) is 2.48. The van der Waals surface area contributed by atoms with Crippen LogP contribution in [0.5, 0.6) is 0 Å². The van der Waals surface area contributed by atoms with Crippen LogP contribution < -0.4 is 5.56 Å². The number of carbonyl (C=O) groups is 1. The molecule has 0 spiro atoms. The minimum Gasteiger partial charge on any atom is -0.339 e. The highest BCUT2D eigenvalue weighted by molar-refractivity contribution is 7.99. The van der Waals surface area contributed by atoms with Crippen LogP contribution in [0.15, 0.2) is 58.5 Å². The normalized spacial score (nSPS) is 16.7.